The molecule has 0 aromatic carbocycles. The quantitative estimate of drug-likeness (QED) is 0.840. The van der Waals surface area contributed by atoms with Crippen LogP contribution in [0, 0.1) is 5.92 Å². The van der Waals surface area contributed by atoms with Crippen molar-refractivity contribution >= 4 is 17.3 Å². The van der Waals surface area contributed by atoms with Crippen LogP contribution in [0.5, 0.6) is 0 Å². The lowest BCUT2D eigenvalue weighted by Gasteiger charge is -2.32. The zero-order chi connectivity index (χ0) is 14.8. The maximum Gasteiger partial charge on any atom is 0.334 e. The number of ether oxygens (including phenoxy) is 1. The Hall–Kier alpha value is -0.980. The molecule has 2 heterocycles. The van der Waals surface area contributed by atoms with Crippen LogP contribution in [0.2, 0.25) is 0 Å². The number of thiazole rings is 1. The van der Waals surface area contributed by atoms with Gasteiger partial charge in [0.1, 0.15) is 0 Å². The zero-order valence-corrected chi connectivity index (χ0v) is 13.1. The number of nitrogens with zero attached hydrogens (tertiary/aromatic N) is 2. The Morgan fingerprint density at radius 3 is 2.81 bits per heavy atom. The number of carbonyl (C=O) groups excluding carboxylic acids is 1. The lowest BCUT2D eigenvalue weighted by atomic mass is 9.91. The van der Waals surface area contributed by atoms with Crippen LogP contribution in [0.4, 0.5) is 0 Å². The van der Waals surface area contributed by atoms with E-state index in [9.17, 15) is 9.90 Å². The van der Waals surface area contributed by atoms with Crippen molar-refractivity contribution in [1.29, 1.82) is 0 Å². The molecule has 116 valence electrons. The highest BCUT2D eigenvalue weighted by molar-refractivity contribution is 7.09. The molecule has 1 N–H and O–H groups in total. The molecule has 1 unspecified atom stereocenters. The molecule has 0 amide bonds. The van der Waals surface area contributed by atoms with E-state index in [2.05, 4.69) is 15.0 Å². The molecule has 1 aromatic rings. The van der Waals surface area contributed by atoms with E-state index < -0.39 is 12.1 Å². The Labute approximate surface area is 128 Å². The fourth-order valence-corrected chi connectivity index (χ4v) is 3.86. The number of hydrogen-bond acceptors (Lipinski definition) is 6. The summed E-state index contributed by atoms with van der Waals surface area (Å²) in [5, 5.41) is 13.3. The van der Waals surface area contributed by atoms with Gasteiger partial charge in [-0.1, -0.05) is 0 Å². The third-order valence-electron chi connectivity index (χ3n) is 4.40. The van der Waals surface area contributed by atoms with E-state index in [1.807, 2.05) is 0 Å². The number of methoxy groups -OCH3 is 1. The zero-order valence-electron chi connectivity index (χ0n) is 12.3. The highest BCUT2D eigenvalue weighted by Gasteiger charge is 2.31. The van der Waals surface area contributed by atoms with Crippen LogP contribution in [0.3, 0.4) is 0 Å². The molecular weight excluding hydrogens is 288 g/mol. The Balaban J connectivity index is 1.47. The van der Waals surface area contributed by atoms with Gasteiger partial charge in [-0.15, -0.1) is 11.3 Å². The number of aliphatic hydroxyl groups excluding tert-OH is 1. The molecule has 3 rings (SSSR count). The van der Waals surface area contributed by atoms with Crippen LogP contribution in [0.15, 0.2) is 5.38 Å². The number of carbonyl (C=O) groups is 1. The summed E-state index contributed by atoms with van der Waals surface area (Å²) in [6.07, 6.45) is 3.28. The van der Waals surface area contributed by atoms with E-state index in [-0.39, 0.29) is 5.92 Å². The average molecular weight is 310 g/mol. The van der Waals surface area contributed by atoms with E-state index in [1.165, 1.54) is 25.0 Å². The Morgan fingerprint density at radius 2 is 2.19 bits per heavy atom. The molecule has 0 spiro atoms. The second kappa shape index (κ2) is 6.42. The van der Waals surface area contributed by atoms with Gasteiger partial charge in [-0.25, -0.2) is 9.78 Å². The number of esters is 1. The summed E-state index contributed by atoms with van der Waals surface area (Å²) >= 11 is 1.78. The molecule has 1 saturated heterocycles. The minimum atomic E-state index is -0.974. The second-order valence-corrected chi connectivity index (χ2v) is 6.92. The summed E-state index contributed by atoms with van der Waals surface area (Å²) < 4.78 is 4.61. The number of hydrogen-bond donors (Lipinski definition) is 1. The van der Waals surface area contributed by atoms with Gasteiger partial charge < -0.3 is 9.84 Å². The Morgan fingerprint density at radius 1 is 1.48 bits per heavy atom. The average Bonchev–Trinajstić information content (AvgIpc) is 3.27. The van der Waals surface area contributed by atoms with E-state index >= 15 is 0 Å². The highest BCUT2D eigenvalue weighted by Crippen LogP contribution is 2.41. The molecule has 1 atom stereocenters. The van der Waals surface area contributed by atoms with Crippen molar-refractivity contribution in [2.75, 3.05) is 20.2 Å². The summed E-state index contributed by atoms with van der Waals surface area (Å²) in [6, 6.07) is 0. The summed E-state index contributed by atoms with van der Waals surface area (Å²) in [6.45, 7) is 2.67. The van der Waals surface area contributed by atoms with Gasteiger partial charge in [0.25, 0.3) is 0 Å². The molecule has 21 heavy (non-hydrogen) atoms. The molecule has 1 aliphatic carbocycles. The van der Waals surface area contributed by atoms with Crippen molar-refractivity contribution in [3.8, 4) is 0 Å². The van der Waals surface area contributed by atoms with Crippen LogP contribution < -0.4 is 0 Å². The second-order valence-electron chi connectivity index (χ2n) is 6.03. The third-order valence-corrected chi connectivity index (χ3v) is 5.46. The van der Waals surface area contributed by atoms with Gasteiger partial charge >= 0.3 is 5.97 Å². The molecule has 1 aromatic heterocycles. The minimum Gasteiger partial charge on any atom is -0.467 e. The van der Waals surface area contributed by atoms with Gasteiger partial charge in [0.15, 0.2) is 6.10 Å². The summed E-state index contributed by atoms with van der Waals surface area (Å²) in [5.74, 6) is 0.234. The first kappa shape index (κ1) is 14.9. The molecule has 5 nitrogen and oxygen atoms in total. The van der Waals surface area contributed by atoms with Crippen molar-refractivity contribution in [2.45, 2.75) is 44.2 Å². The maximum atomic E-state index is 11.4. The first-order valence-electron chi connectivity index (χ1n) is 7.60. The number of rotatable bonds is 5. The SMILES string of the molecule is COC(=O)C(O)C1CCN(Cc2csc(C3CC3)n2)CC1. The number of piperidine rings is 1. The minimum absolute atomic E-state index is 0.0196. The molecule has 2 fully saturated rings. The number of likely N-dealkylation sites (tertiary alicyclic amines) is 1. The standard InChI is InChI=1S/C15H22N2O3S/c1-20-15(19)13(18)10-4-6-17(7-5-10)8-12-9-21-14(16-12)11-2-3-11/h9-11,13,18H,2-8H2,1H3. The first-order valence-corrected chi connectivity index (χ1v) is 8.48. The van der Waals surface area contributed by atoms with Crippen molar-refractivity contribution < 1.29 is 14.6 Å². The van der Waals surface area contributed by atoms with E-state index in [0.29, 0.717) is 0 Å². The maximum absolute atomic E-state index is 11.4. The predicted octanol–water partition coefficient (Wildman–Crippen LogP) is 1.77. The molecule has 6 heteroatoms. The normalized spacial score (nSPS) is 22.2. The van der Waals surface area contributed by atoms with Gasteiger partial charge in [0.2, 0.25) is 0 Å². The number of aliphatic hydroxyl groups is 1. The van der Waals surface area contributed by atoms with E-state index in [4.69, 9.17) is 4.98 Å². The van der Waals surface area contributed by atoms with Gasteiger partial charge in [-0.3, -0.25) is 4.90 Å². The van der Waals surface area contributed by atoms with Crippen molar-refractivity contribution in [1.82, 2.24) is 9.88 Å². The lowest BCUT2D eigenvalue weighted by Crippen LogP contribution is -2.40. The molecular formula is C15H22N2O3S. The largest absolute Gasteiger partial charge is 0.467 e. The van der Waals surface area contributed by atoms with Crippen molar-refractivity contribution in [3.63, 3.8) is 0 Å². The van der Waals surface area contributed by atoms with E-state index in [0.717, 1.165) is 44.1 Å². The van der Waals surface area contributed by atoms with Crippen LogP contribution >= 0.6 is 11.3 Å². The predicted molar refractivity (Wildman–Crippen MR) is 80.1 cm³/mol. The summed E-state index contributed by atoms with van der Waals surface area (Å²) in [4.78, 5) is 18.4. The van der Waals surface area contributed by atoms with Crippen molar-refractivity contribution in [3.05, 3.63) is 16.1 Å². The van der Waals surface area contributed by atoms with Crippen LogP contribution in [-0.2, 0) is 16.1 Å². The number of aromatic nitrogens is 1. The van der Waals surface area contributed by atoms with Crippen LogP contribution in [-0.4, -0.2) is 47.3 Å². The first-order chi connectivity index (χ1) is 10.2. The monoisotopic (exact) mass is 310 g/mol. The smallest absolute Gasteiger partial charge is 0.334 e. The van der Waals surface area contributed by atoms with Gasteiger partial charge in [-0.05, 0) is 44.7 Å². The summed E-state index contributed by atoms with van der Waals surface area (Å²) in [7, 11) is 1.32. The van der Waals surface area contributed by atoms with Gasteiger partial charge in [0, 0.05) is 17.8 Å². The highest BCUT2D eigenvalue weighted by atomic mass is 32.1. The molecule has 0 bridgehead atoms. The Kier molecular flexibility index (Phi) is 4.57. The van der Waals surface area contributed by atoms with Crippen LogP contribution in [0.25, 0.3) is 0 Å². The molecule has 1 saturated carbocycles. The van der Waals surface area contributed by atoms with Gasteiger partial charge in [-0.2, -0.15) is 0 Å². The third kappa shape index (κ3) is 3.62. The van der Waals surface area contributed by atoms with Crippen LogP contribution in [0.1, 0.15) is 42.3 Å². The molecule has 1 aliphatic heterocycles. The molecule has 0 radical (unpaired) electrons. The van der Waals surface area contributed by atoms with E-state index in [1.54, 1.807) is 11.3 Å². The molecule has 2 aliphatic rings. The fourth-order valence-electron chi connectivity index (χ4n) is 2.88. The lowest BCUT2D eigenvalue weighted by molar-refractivity contribution is -0.154. The van der Waals surface area contributed by atoms with Crippen molar-refractivity contribution in [2.24, 2.45) is 5.92 Å². The van der Waals surface area contributed by atoms with Gasteiger partial charge in [0.05, 0.1) is 17.8 Å². The Bertz CT molecular complexity index is 493. The topological polar surface area (TPSA) is 62.7 Å². The summed E-state index contributed by atoms with van der Waals surface area (Å²) in [5.41, 5.74) is 1.16. The fraction of sp³-hybridized carbons (Fsp3) is 0.733.